The Kier molecular flexibility index (Phi) is 7.20. The number of nitrogens with one attached hydrogen (secondary N) is 1. The summed E-state index contributed by atoms with van der Waals surface area (Å²) in [6.45, 7) is 0.501. The van der Waals surface area contributed by atoms with Crippen LogP contribution in [0.25, 0.3) is 0 Å². The molecule has 0 aromatic heterocycles. The second-order valence-corrected chi connectivity index (χ2v) is 7.32. The van der Waals surface area contributed by atoms with Crippen molar-refractivity contribution in [2.75, 3.05) is 13.2 Å². The number of amides is 2. The lowest BCUT2D eigenvalue weighted by Gasteiger charge is -2.26. The minimum Gasteiger partial charge on any atom is -0.394 e. The van der Waals surface area contributed by atoms with Crippen LogP contribution in [0.3, 0.4) is 0 Å². The maximum absolute atomic E-state index is 12.8. The third kappa shape index (κ3) is 5.42. The number of carbonyl (C=O) groups excluding carboxylic acids is 2. The molecule has 2 atom stereocenters. The molecule has 2 aromatic rings. The minimum atomic E-state index is -0.443. The van der Waals surface area contributed by atoms with Crippen LogP contribution in [0, 0.1) is 0 Å². The minimum absolute atomic E-state index is 0.0197. The summed E-state index contributed by atoms with van der Waals surface area (Å²) < 4.78 is 0. The summed E-state index contributed by atoms with van der Waals surface area (Å²) in [5.74, 6) is -0.181. The fraction of sp³-hybridized carbons (Fsp3) is 0.391. The molecule has 1 saturated heterocycles. The number of hydrogen-bond donors (Lipinski definition) is 2. The van der Waals surface area contributed by atoms with E-state index in [4.69, 9.17) is 0 Å². The quantitative estimate of drug-likeness (QED) is 0.739. The molecule has 1 heterocycles. The molecule has 0 spiro atoms. The van der Waals surface area contributed by atoms with Gasteiger partial charge in [-0.1, -0.05) is 60.7 Å². The lowest BCUT2D eigenvalue weighted by atomic mass is 10.0. The van der Waals surface area contributed by atoms with Gasteiger partial charge >= 0.3 is 0 Å². The van der Waals surface area contributed by atoms with E-state index < -0.39 is 6.04 Å². The Balaban J connectivity index is 1.54. The van der Waals surface area contributed by atoms with Gasteiger partial charge in [-0.15, -0.1) is 0 Å². The molecule has 5 heteroatoms. The molecule has 3 rings (SSSR count). The summed E-state index contributed by atoms with van der Waals surface area (Å²) in [5.41, 5.74) is 2.13. The van der Waals surface area contributed by atoms with Crippen molar-refractivity contribution in [1.29, 1.82) is 0 Å². The molecule has 1 fully saturated rings. The summed E-state index contributed by atoms with van der Waals surface area (Å²) in [4.78, 5) is 27.2. The fourth-order valence-corrected chi connectivity index (χ4v) is 3.70. The maximum Gasteiger partial charge on any atom is 0.243 e. The number of nitrogens with zero attached hydrogens (tertiary/aromatic N) is 1. The molecule has 1 aliphatic heterocycles. The lowest BCUT2D eigenvalue weighted by molar-refractivity contribution is -0.138. The zero-order chi connectivity index (χ0) is 19.8. The monoisotopic (exact) mass is 380 g/mol. The Morgan fingerprint density at radius 1 is 1.04 bits per heavy atom. The van der Waals surface area contributed by atoms with Gasteiger partial charge in [0, 0.05) is 6.54 Å². The van der Waals surface area contributed by atoms with Gasteiger partial charge in [0.2, 0.25) is 11.8 Å². The van der Waals surface area contributed by atoms with Crippen molar-refractivity contribution in [3.05, 3.63) is 71.8 Å². The maximum atomic E-state index is 12.8. The van der Waals surface area contributed by atoms with E-state index in [1.54, 1.807) is 4.90 Å². The molecule has 1 aliphatic rings. The largest absolute Gasteiger partial charge is 0.394 e. The highest BCUT2D eigenvalue weighted by Gasteiger charge is 2.34. The molecule has 148 valence electrons. The number of aliphatic hydroxyl groups is 1. The number of carbonyl (C=O) groups is 2. The SMILES string of the molecule is O=C(N[C@@H](CO)CCc1ccccc1)C1CCCN1C(=O)Cc1ccccc1. The standard InChI is InChI=1S/C23H28N2O3/c26-17-20(14-13-18-8-3-1-4-9-18)24-23(28)21-12-7-15-25(21)22(27)16-19-10-5-2-6-11-19/h1-6,8-11,20-21,26H,7,12-17H2,(H,24,28)/t20-,21?/m1/s1. The van der Waals surface area contributed by atoms with Crippen molar-refractivity contribution in [2.24, 2.45) is 0 Å². The number of aryl methyl sites for hydroxylation is 1. The molecular formula is C23H28N2O3. The number of aliphatic hydroxyl groups excluding tert-OH is 1. The van der Waals surface area contributed by atoms with Crippen molar-refractivity contribution >= 4 is 11.8 Å². The van der Waals surface area contributed by atoms with Gasteiger partial charge in [-0.05, 0) is 36.8 Å². The van der Waals surface area contributed by atoms with Crippen LogP contribution >= 0.6 is 0 Å². The van der Waals surface area contributed by atoms with Crippen LogP contribution in [-0.4, -0.2) is 47.1 Å². The van der Waals surface area contributed by atoms with Crippen molar-refractivity contribution in [3.63, 3.8) is 0 Å². The molecule has 2 amide bonds. The Morgan fingerprint density at radius 3 is 2.32 bits per heavy atom. The molecule has 1 unspecified atom stereocenters. The number of likely N-dealkylation sites (tertiary alicyclic amines) is 1. The van der Waals surface area contributed by atoms with Gasteiger partial charge in [-0.3, -0.25) is 9.59 Å². The lowest BCUT2D eigenvalue weighted by Crippen LogP contribution is -2.50. The molecule has 0 radical (unpaired) electrons. The van der Waals surface area contributed by atoms with E-state index in [2.05, 4.69) is 5.32 Å². The van der Waals surface area contributed by atoms with Gasteiger partial charge < -0.3 is 15.3 Å². The van der Waals surface area contributed by atoms with Crippen LogP contribution in [0.5, 0.6) is 0 Å². The topological polar surface area (TPSA) is 69.6 Å². The first-order valence-electron chi connectivity index (χ1n) is 9.96. The predicted octanol–water partition coefficient (Wildman–Crippen LogP) is 2.33. The van der Waals surface area contributed by atoms with E-state index in [1.165, 1.54) is 5.56 Å². The highest BCUT2D eigenvalue weighted by atomic mass is 16.3. The van der Waals surface area contributed by atoms with E-state index in [-0.39, 0.29) is 24.5 Å². The van der Waals surface area contributed by atoms with Crippen LogP contribution in [0.15, 0.2) is 60.7 Å². The molecule has 5 nitrogen and oxygen atoms in total. The van der Waals surface area contributed by atoms with Crippen LogP contribution in [0.2, 0.25) is 0 Å². The van der Waals surface area contributed by atoms with Crippen molar-refractivity contribution in [3.8, 4) is 0 Å². The number of rotatable bonds is 8. The average molecular weight is 380 g/mol. The van der Waals surface area contributed by atoms with Crippen LogP contribution < -0.4 is 5.32 Å². The first-order valence-corrected chi connectivity index (χ1v) is 9.96. The Morgan fingerprint density at radius 2 is 1.68 bits per heavy atom. The highest BCUT2D eigenvalue weighted by molar-refractivity contribution is 5.89. The Bertz CT molecular complexity index is 764. The normalized spacial score (nSPS) is 17.3. The second-order valence-electron chi connectivity index (χ2n) is 7.32. The molecule has 0 aliphatic carbocycles. The summed E-state index contributed by atoms with van der Waals surface area (Å²) in [6.07, 6.45) is 3.25. The van der Waals surface area contributed by atoms with E-state index in [0.717, 1.165) is 18.4 Å². The van der Waals surface area contributed by atoms with E-state index in [9.17, 15) is 14.7 Å². The Hall–Kier alpha value is -2.66. The van der Waals surface area contributed by atoms with Crippen molar-refractivity contribution in [1.82, 2.24) is 10.2 Å². The molecular weight excluding hydrogens is 352 g/mol. The van der Waals surface area contributed by atoms with E-state index in [1.807, 2.05) is 60.7 Å². The van der Waals surface area contributed by atoms with E-state index >= 15 is 0 Å². The average Bonchev–Trinajstić information content (AvgIpc) is 3.23. The first-order chi connectivity index (χ1) is 13.7. The molecule has 2 N–H and O–H groups in total. The number of benzene rings is 2. The Labute approximate surface area is 166 Å². The molecule has 0 saturated carbocycles. The summed E-state index contributed by atoms with van der Waals surface area (Å²) in [6, 6.07) is 18.9. The molecule has 2 aromatic carbocycles. The summed E-state index contributed by atoms with van der Waals surface area (Å²) in [7, 11) is 0. The number of hydrogen-bond acceptors (Lipinski definition) is 3. The van der Waals surface area contributed by atoms with Gasteiger partial charge in [0.25, 0.3) is 0 Å². The van der Waals surface area contributed by atoms with Crippen LogP contribution in [0.1, 0.15) is 30.4 Å². The van der Waals surface area contributed by atoms with Crippen LogP contribution in [0.4, 0.5) is 0 Å². The summed E-state index contributed by atoms with van der Waals surface area (Å²) in [5, 5.41) is 12.6. The third-order valence-corrected chi connectivity index (χ3v) is 5.27. The van der Waals surface area contributed by atoms with E-state index in [0.29, 0.717) is 25.8 Å². The van der Waals surface area contributed by atoms with Crippen LogP contribution in [-0.2, 0) is 22.4 Å². The van der Waals surface area contributed by atoms with Gasteiger partial charge in [0.05, 0.1) is 19.1 Å². The van der Waals surface area contributed by atoms with Gasteiger partial charge in [-0.25, -0.2) is 0 Å². The second kappa shape index (κ2) is 10.0. The predicted molar refractivity (Wildman–Crippen MR) is 109 cm³/mol. The van der Waals surface area contributed by atoms with Crippen molar-refractivity contribution in [2.45, 2.75) is 44.2 Å². The third-order valence-electron chi connectivity index (χ3n) is 5.27. The zero-order valence-electron chi connectivity index (χ0n) is 16.1. The molecule has 28 heavy (non-hydrogen) atoms. The highest BCUT2D eigenvalue weighted by Crippen LogP contribution is 2.19. The zero-order valence-corrected chi connectivity index (χ0v) is 16.1. The van der Waals surface area contributed by atoms with Gasteiger partial charge in [0.1, 0.15) is 6.04 Å². The summed E-state index contributed by atoms with van der Waals surface area (Å²) >= 11 is 0. The fourth-order valence-electron chi connectivity index (χ4n) is 3.70. The molecule has 0 bridgehead atoms. The first kappa shape index (κ1) is 20.1. The smallest absolute Gasteiger partial charge is 0.243 e. The van der Waals surface area contributed by atoms with Gasteiger partial charge in [0.15, 0.2) is 0 Å². The van der Waals surface area contributed by atoms with Gasteiger partial charge in [-0.2, -0.15) is 0 Å². The van der Waals surface area contributed by atoms with Crippen molar-refractivity contribution < 1.29 is 14.7 Å².